The van der Waals surface area contributed by atoms with Crippen LogP contribution in [0, 0.1) is 23.7 Å². The standard InChI is InChI=1S/2C12H24S4.Ni/c2*1-9(2)5-7-15-11(13)12(14)16-8-6-10(3)4;/h2*9-10,13-14H,5-8H2,1-4H3;/p-4/b2*12-11-;. The maximum absolute atomic E-state index is 5.31. The molecule has 0 aliphatic carbocycles. The Morgan fingerprint density at radius 2 is 0.576 bits per heavy atom. The van der Waals surface area contributed by atoms with Crippen molar-refractivity contribution in [3.63, 3.8) is 0 Å². The molecule has 0 aliphatic heterocycles. The van der Waals surface area contributed by atoms with Gasteiger partial charge in [0.2, 0.25) is 0 Å². The molecule has 0 radical (unpaired) electrons. The van der Waals surface area contributed by atoms with E-state index in [1.165, 1.54) is 25.7 Å². The number of hydrogen-bond donors (Lipinski definition) is 0. The third kappa shape index (κ3) is 30.4. The smallest absolute Gasteiger partial charge is 0 e. The maximum Gasteiger partial charge on any atom is 0 e. The summed E-state index contributed by atoms with van der Waals surface area (Å²) in [5, 5.41) is 0. The summed E-state index contributed by atoms with van der Waals surface area (Å²) in [4.78, 5) is 0. The average molecular weight is 648 g/mol. The van der Waals surface area contributed by atoms with E-state index in [4.69, 9.17) is 50.5 Å². The van der Waals surface area contributed by atoms with E-state index in [1.807, 2.05) is 0 Å². The minimum atomic E-state index is 0. The van der Waals surface area contributed by atoms with Gasteiger partial charge in [-0.2, -0.15) is 64.0 Å². The number of thioether (sulfide) groups is 4. The summed E-state index contributed by atoms with van der Waals surface area (Å²) in [6.45, 7) is 17.9. The van der Waals surface area contributed by atoms with Crippen molar-refractivity contribution in [3.8, 4) is 0 Å². The summed E-state index contributed by atoms with van der Waals surface area (Å²) in [6.07, 6.45) is 4.85. The quantitative estimate of drug-likeness (QED) is 0.119. The zero-order valence-electron chi connectivity index (χ0n) is 21.5. The fourth-order valence-electron chi connectivity index (χ4n) is 1.79. The van der Waals surface area contributed by atoms with Crippen molar-refractivity contribution in [2.24, 2.45) is 23.7 Å². The second-order valence-corrected chi connectivity index (χ2v) is 16.4. The van der Waals surface area contributed by atoms with Gasteiger partial charge < -0.3 is 50.5 Å². The molecule has 0 spiro atoms. The van der Waals surface area contributed by atoms with Crippen LogP contribution in [-0.2, 0) is 67.0 Å². The fourth-order valence-corrected chi connectivity index (χ4v) is 7.77. The van der Waals surface area contributed by atoms with Crippen molar-refractivity contribution in [3.05, 3.63) is 16.9 Å². The van der Waals surface area contributed by atoms with Crippen molar-refractivity contribution in [1.82, 2.24) is 0 Å². The van der Waals surface area contributed by atoms with Crippen LogP contribution in [0.5, 0.6) is 0 Å². The van der Waals surface area contributed by atoms with E-state index >= 15 is 0 Å². The summed E-state index contributed by atoms with van der Waals surface area (Å²) in [7, 11) is 0. The second-order valence-electron chi connectivity index (χ2n) is 9.27. The van der Waals surface area contributed by atoms with E-state index in [0.717, 1.165) is 63.6 Å². The molecule has 0 amide bonds. The topological polar surface area (TPSA) is 0 Å². The van der Waals surface area contributed by atoms with Crippen molar-refractivity contribution in [1.29, 1.82) is 0 Å². The first-order valence-corrected chi connectivity index (χ1v) is 17.1. The minimum absolute atomic E-state index is 0. The molecule has 0 bridgehead atoms. The van der Waals surface area contributed by atoms with Gasteiger partial charge in [0.05, 0.1) is 0 Å². The average Bonchev–Trinajstić information content (AvgIpc) is 2.66. The molecule has 0 rings (SSSR count). The van der Waals surface area contributed by atoms with E-state index in [2.05, 4.69) is 55.4 Å². The van der Waals surface area contributed by atoms with Gasteiger partial charge in [0.15, 0.2) is 0 Å². The van der Waals surface area contributed by atoms with Gasteiger partial charge >= 0.3 is 0 Å². The molecule has 0 aromatic carbocycles. The summed E-state index contributed by atoms with van der Waals surface area (Å²) in [6, 6.07) is 0. The Bertz CT molecular complexity index is 427. The van der Waals surface area contributed by atoms with Gasteiger partial charge in [-0.3, -0.25) is 0 Å². The van der Waals surface area contributed by atoms with Gasteiger partial charge in [-0.1, -0.05) is 55.4 Å². The molecule has 202 valence electrons. The fraction of sp³-hybridized carbons (Fsp3) is 0.833. The summed E-state index contributed by atoms with van der Waals surface area (Å²) in [5.41, 5.74) is 0. The minimum Gasteiger partial charge on any atom is -0.774 e. The van der Waals surface area contributed by atoms with Gasteiger partial charge in [0, 0.05) is 16.5 Å². The number of hydrogen-bond acceptors (Lipinski definition) is 8. The Labute approximate surface area is 256 Å². The third-order valence-corrected chi connectivity index (χ3v) is 10.9. The Balaban J connectivity index is -0.000000529. The molecule has 0 saturated carbocycles. The van der Waals surface area contributed by atoms with Crippen molar-refractivity contribution in [2.45, 2.75) is 81.1 Å². The molecular weight excluding hydrogens is 603 g/mol. The van der Waals surface area contributed by atoms with Crippen LogP contribution in [0.1, 0.15) is 81.1 Å². The molecule has 0 saturated heterocycles. The molecule has 0 N–H and O–H groups in total. The predicted molar refractivity (Wildman–Crippen MR) is 171 cm³/mol. The van der Waals surface area contributed by atoms with Crippen LogP contribution >= 0.6 is 47.0 Å². The molecular formula is C24H44NiS8-4. The van der Waals surface area contributed by atoms with Crippen LogP contribution in [0.3, 0.4) is 0 Å². The first kappa shape index (κ1) is 39.8. The first-order valence-electron chi connectivity index (χ1n) is 11.5. The zero-order valence-corrected chi connectivity index (χ0v) is 29.1. The van der Waals surface area contributed by atoms with Crippen LogP contribution in [0.15, 0.2) is 16.9 Å². The van der Waals surface area contributed by atoms with Gasteiger partial charge in [0.25, 0.3) is 0 Å². The largest absolute Gasteiger partial charge is 0.774 e. The van der Waals surface area contributed by atoms with Crippen LogP contribution in [0.25, 0.3) is 0 Å². The summed E-state index contributed by atoms with van der Waals surface area (Å²) in [5.74, 6) is 7.38. The van der Waals surface area contributed by atoms with Crippen molar-refractivity contribution < 1.29 is 16.5 Å². The van der Waals surface area contributed by atoms with Gasteiger partial charge in [-0.05, 0) is 72.4 Å². The zero-order chi connectivity index (χ0) is 25.1. The van der Waals surface area contributed by atoms with E-state index < -0.39 is 0 Å². The molecule has 0 unspecified atom stereocenters. The van der Waals surface area contributed by atoms with Crippen LogP contribution in [0.4, 0.5) is 0 Å². The Kier molecular flexibility index (Phi) is 31.2. The molecule has 0 atom stereocenters. The van der Waals surface area contributed by atoms with Gasteiger partial charge in [-0.25, -0.2) is 0 Å². The molecule has 0 aromatic heterocycles. The number of rotatable bonds is 16. The maximum atomic E-state index is 5.31. The molecule has 0 aliphatic rings. The van der Waals surface area contributed by atoms with Crippen molar-refractivity contribution >= 4 is 97.6 Å². The third-order valence-electron chi connectivity index (χ3n) is 4.05. The molecule has 0 nitrogen and oxygen atoms in total. The first-order chi connectivity index (χ1) is 14.9. The molecule has 0 aromatic rings. The summed E-state index contributed by atoms with van der Waals surface area (Å²) < 4.78 is 3.68. The van der Waals surface area contributed by atoms with E-state index in [0.29, 0.717) is 0 Å². The SMILES string of the molecule is CC(C)CCS/C([S-])=C(/[S-])SCCC(C)C.CC(C)CCS/C([S-])=C(/[S-])SCCC(C)C.[Ni]. The van der Waals surface area contributed by atoms with Gasteiger partial charge in [-0.15, -0.1) is 0 Å². The monoisotopic (exact) mass is 646 g/mol. The van der Waals surface area contributed by atoms with Crippen LogP contribution < -0.4 is 0 Å². The van der Waals surface area contributed by atoms with Crippen LogP contribution in [0.2, 0.25) is 0 Å². The van der Waals surface area contributed by atoms with E-state index in [9.17, 15) is 0 Å². The Morgan fingerprint density at radius 1 is 0.424 bits per heavy atom. The predicted octanol–water partition coefficient (Wildman–Crippen LogP) is 9.53. The Morgan fingerprint density at radius 3 is 0.697 bits per heavy atom. The molecule has 9 heteroatoms. The van der Waals surface area contributed by atoms with E-state index in [-0.39, 0.29) is 16.5 Å². The molecule has 33 heavy (non-hydrogen) atoms. The molecule has 0 heterocycles. The summed E-state index contributed by atoms with van der Waals surface area (Å²) >= 11 is 28.2. The van der Waals surface area contributed by atoms with Crippen molar-refractivity contribution in [2.75, 3.05) is 23.0 Å². The van der Waals surface area contributed by atoms with Crippen LogP contribution in [-0.4, -0.2) is 23.0 Å². The second kappa shape index (κ2) is 25.9. The Hall–Kier alpha value is 2.25. The van der Waals surface area contributed by atoms with Gasteiger partial charge in [0.1, 0.15) is 0 Å². The normalized spacial score (nSPS) is 13.0. The molecule has 0 fully saturated rings. The van der Waals surface area contributed by atoms with E-state index in [1.54, 1.807) is 47.0 Å².